The summed E-state index contributed by atoms with van der Waals surface area (Å²) in [6.45, 7) is 10.9. The largest absolute Gasteiger partial charge is 0.383 e. The van der Waals surface area contributed by atoms with E-state index in [9.17, 15) is 4.79 Å². The Morgan fingerprint density at radius 2 is 1.76 bits per heavy atom. The number of nitrogens with zero attached hydrogens (tertiary/aromatic N) is 2. The van der Waals surface area contributed by atoms with E-state index in [0.717, 1.165) is 49.5 Å². The molecule has 2 fully saturated rings. The number of fused-ring (bicyclic) bond motifs is 1. The third-order valence-electron chi connectivity index (χ3n) is 6.59. The van der Waals surface area contributed by atoms with E-state index >= 15 is 0 Å². The summed E-state index contributed by atoms with van der Waals surface area (Å²) in [5, 5.41) is 0. The molecule has 4 heteroatoms. The zero-order chi connectivity index (χ0) is 20.5. The summed E-state index contributed by atoms with van der Waals surface area (Å²) in [6, 6.07) is 14.9. The second kappa shape index (κ2) is 8.29. The van der Waals surface area contributed by atoms with Crippen LogP contribution in [0.1, 0.15) is 38.7 Å². The number of ether oxygens (including phenoxy) is 1. The van der Waals surface area contributed by atoms with Crippen LogP contribution in [0.15, 0.2) is 42.5 Å². The minimum absolute atomic E-state index is 0.141. The topological polar surface area (TPSA) is 32.8 Å². The van der Waals surface area contributed by atoms with Gasteiger partial charge in [-0.3, -0.25) is 4.79 Å². The Bertz CT molecular complexity index is 874. The molecule has 1 amide bonds. The second-order valence-corrected chi connectivity index (χ2v) is 8.81. The Morgan fingerprint density at radius 1 is 1.03 bits per heavy atom. The highest BCUT2D eigenvalue weighted by molar-refractivity contribution is 5.95. The Morgan fingerprint density at radius 3 is 2.45 bits per heavy atom. The quantitative estimate of drug-likeness (QED) is 0.771. The zero-order valence-electron chi connectivity index (χ0n) is 18.0. The molecule has 0 bridgehead atoms. The first-order chi connectivity index (χ1) is 14.0. The lowest BCUT2D eigenvalue weighted by atomic mass is 9.87. The predicted molar refractivity (Wildman–Crippen MR) is 116 cm³/mol. The summed E-state index contributed by atoms with van der Waals surface area (Å²) in [4.78, 5) is 18.3. The van der Waals surface area contributed by atoms with Crippen LogP contribution >= 0.6 is 0 Å². The van der Waals surface area contributed by atoms with Gasteiger partial charge in [0.25, 0.3) is 5.91 Å². The number of methoxy groups -OCH3 is 1. The van der Waals surface area contributed by atoms with Crippen LogP contribution in [0.5, 0.6) is 0 Å². The van der Waals surface area contributed by atoms with Gasteiger partial charge in [0.2, 0.25) is 0 Å². The van der Waals surface area contributed by atoms with Gasteiger partial charge in [0.15, 0.2) is 0 Å². The van der Waals surface area contributed by atoms with Crippen molar-refractivity contribution in [2.45, 2.75) is 26.8 Å². The minimum Gasteiger partial charge on any atom is -0.383 e. The molecule has 4 nitrogen and oxygen atoms in total. The normalized spacial score (nSPS) is 24.1. The van der Waals surface area contributed by atoms with Gasteiger partial charge in [-0.1, -0.05) is 41.5 Å². The van der Waals surface area contributed by atoms with Crippen molar-refractivity contribution in [2.24, 2.45) is 11.8 Å². The SMILES string of the molecule is COCCN1C[C@H]2CN(C(=O)c3cc(C)cc(C)c3)[C@H](c3ccccc3C)[C@H]2C1. The van der Waals surface area contributed by atoms with Crippen molar-refractivity contribution in [3.63, 3.8) is 0 Å². The Labute approximate surface area is 174 Å². The molecule has 0 saturated carbocycles. The lowest BCUT2D eigenvalue weighted by Gasteiger charge is -2.31. The molecular weight excluding hydrogens is 360 g/mol. The van der Waals surface area contributed by atoms with Crippen molar-refractivity contribution < 1.29 is 9.53 Å². The van der Waals surface area contributed by atoms with E-state index in [-0.39, 0.29) is 11.9 Å². The number of hydrogen-bond donors (Lipinski definition) is 0. The van der Waals surface area contributed by atoms with Crippen LogP contribution in [0, 0.1) is 32.6 Å². The summed E-state index contributed by atoms with van der Waals surface area (Å²) >= 11 is 0. The summed E-state index contributed by atoms with van der Waals surface area (Å²) in [6.07, 6.45) is 0. The molecule has 0 aromatic heterocycles. The summed E-state index contributed by atoms with van der Waals surface area (Å²) < 4.78 is 5.29. The maximum absolute atomic E-state index is 13.6. The Balaban J connectivity index is 1.67. The lowest BCUT2D eigenvalue weighted by Crippen LogP contribution is -2.36. The molecule has 0 radical (unpaired) electrons. The van der Waals surface area contributed by atoms with Gasteiger partial charge in [-0.05, 0) is 49.9 Å². The third-order valence-corrected chi connectivity index (χ3v) is 6.59. The molecule has 4 rings (SSSR count). The molecule has 2 aliphatic rings. The highest BCUT2D eigenvalue weighted by Gasteiger charge is 2.49. The predicted octanol–water partition coefficient (Wildman–Crippen LogP) is 4.00. The van der Waals surface area contributed by atoms with E-state index < -0.39 is 0 Å². The summed E-state index contributed by atoms with van der Waals surface area (Å²) in [5.41, 5.74) is 5.67. The second-order valence-electron chi connectivity index (χ2n) is 8.81. The number of amides is 1. The van der Waals surface area contributed by atoms with Crippen molar-refractivity contribution in [3.8, 4) is 0 Å². The standard InChI is InChI=1S/C25H32N2O2/c1-17-11-18(2)13-20(12-17)25(28)27-15-21-14-26(9-10-29-4)16-23(21)24(27)22-8-6-5-7-19(22)3/h5-8,11-13,21,23-24H,9-10,14-16H2,1-4H3/t21-,23-,24+/m0/s1. The smallest absolute Gasteiger partial charge is 0.254 e. The zero-order valence-corrected chi connectivity index (χ0v) is 18.0. The fraction of sp³-hybridized carbons (Fsp3) is 0.480. The maximum Gasteiger partial charge on any atom is 0.254 e. The molecule has 0 aliphatic carbocycles. The molecule has 0 spiro atoms. The number of hydrogen-bond acceptors (Lipinski definition) is 3. The van der Waals surface area contributed by atoms with Gasteiger partial charge in [0.1, 0.15) is 0 Å². The lowest BCUT2D eigenvalue weighted by molar-refractivity contribution is 0.0694. The van der Waals surface area contributed by atoms with Gasteiger partial charge in [0.05, 0.1) is 12.6 Å². The maximum atomic E-state index is 13.6. The van der Waals surface area contributed by atoms with Crippen LogP contribution in [0.25, 0.3) is 0 Å². The van der Waals surface area contributed by atoms with Gasteiger partial charge in [0, 0.05) is 44.8 Å². The molecule has 0 unspecified atom stereocenters. The van der Waals surface area contributed by atoms with Crippen LogP contribution in [0.3, 0.4) is 0 Å². The molecule has 2 aromatic carbocycles. The molecule has 154 valence electrons. The van der Waals surface area contributed by atoms with E-state index in [1.54, 1.807) is 7.11 Å². The fourth-order valence-corrected chi connectivity index (χ4v) is 5.33. The van der Waals surface area contributed by atoms with Crippen molar-refractivity contribution in [3.05, 3.63) is 70.3 Å². The van der Waals surface area contributed by atoms with Gasteiger partial charge >= 0.3 is 0 Å². The fourth-order valence-electron chi connectivity index (χ4n) is 5.33. The average Bonchev–Trinajstić information content (AvgIpc) is 3.23. The van der Waals surface area contributed by atoms with E-state index in [2.05, 4.69) is 60.9 Å². The Kier molecular flexibility index (Phi) is 5.75. The van der Waals surface area contributed by atoms with Crippen LogP contribution < -0.4 is 0 Å². The van der Waals surface area contributed by atoms with Crippen LogP contribution in [0.2, 0.25) is 0 Å². The number of carbonyl (C=O) groups is 1. The van der Waals surface area contributed by atoms with Crippen molar-refractivity contribution in [1.82, 2.24) is 9.80 Å². The molecule has 29 heavy (non-hydrogen) atoms. The number of rotatable bonds is 5. The number of carbonyl (C=O) groups excluding carboxylic acids is 1. The van der Waals surface area contributed by atoms with E-state index in [1.807, 2.05) is 12.1 Å². The number of likely N-dealkylation sites (tertiary alicyclic amines) is 2. The molecule has 2 heterocycles. The van der Waals surface area contributed by atoms with E-state index in [4.69, 9.17) is 4.74 Å². The highest BCUT2D eigenvalue weighted by Crippen LogP contribution is 2.46. The molecule has 3 atom stereocenters. The van der Waals surface area contributed by atoms with Gasteiger partial charge < -0.3 is 14.5 Å². The van der Waals surface area contributed by atoms with Gasteiger partial charge in [-0.15, -0.1) is 0 Å². The monoisotopic (exact) mass is 392 g/mol. The number of benzene rings is 2. The van der Waals surface area contributed by atoms with Crippen LogP contribution in [0.4, 0.5) is 0 Å². The molecule has 0 N–H and O–H groups in total. The summed E-state index contributed by atoms with van der Waals surface area (Å²) in [7, 11) is 1.76. The molecule has 2 saturated heterocycles. The van der Waals surface area contributed by atoms with E-state index in [0.29, 0.717) is 11.8 Å². The minimum atomic E-state index is 0.141. The van der Waals surface area contributed by atoms with E-state index in [1.165, 1.54) is 11.1 Å². The van der Waals surface area contributed by atoms with Crippen molar-refractivity contribution >= 4 is 5.91 Å². The average molecular weight is 393 g/mol. The van der Waals surface area contributed by atoms with Gasteiger partial charge in [-0.2, -0.15) is 0 Å². The van der Waals surface area contributed by atoms with Crippen LogP contribution in [-0.2, 0) is 4.74 Å². The van der Waals surface area contributed by atoms with Crippen molar-refractivity contribution in [2.75, 3.05) is 39.9 Å². The molecular formula is C25H32N2O2. The summed E-state index contributed by atoms with van der Waals surface area (Å²) in [5.74, 6) is 1.16. The first kappa shape index (κ1) is 20.1. The highest BCUT2D eigenvalue weighted by atomic mass is 16.5. The third kappa shape index (κ3) is 3.96. The van der Waals surface area contributed by atoms with Crippen molar-refractivity contribution in [1.29, 1.82) is 0 Å². The first-order valence-corrected chi connectivity index (χ1v) is 10.6. The molecule has 2 aromatic rings. The Hall–Kier alpha value is -2.17. The number of aryl methyl sites for hydroxylation is 3. The molecule has 2 aliphatic heterocycles. The first-order valence-electron chi connectivity index (χ1n) is 10.6. The van der Waals surface area contributed by atoms with Gasteiger partial charge in [-0.25, -0.2) is 0 Å². The van der Waals surface area contributed by atoms with Crippen LogP contribution in [-0.4, -0.2) is 55.6 Å².